The van der Waals surface area contributed by atoms with Gasteiger partial charge in [-0.2, -0.15) is 13.2 Å². The van der Waals surface area contributed by atoms with Gasteiger partial charge in [-0.1, -0.05) is 11.8 Å². The second-order valence-electron chi connectivity index (χ2n) is 4.31. The average Bonchev–Trinajstić information content (AvgIpc) is 3.05. The molecule has 0 spiro atoms. The average molecular weight is 257 g/mol. The van der Waals surface area contributed by atoms with Crippen molar-refractivity contribution in [1.82, 2.24) is 0 Å². The van der Waals surface area contributed by atoms with Crippen molar-refractivity contribution in [3.8, 4) is 11.8 Å². The first-order valence-electron chi connectivity index (χ1n) is 5.50. The Balaban J connectivity index is 2.39. The Kier molecular flexibility index (Phi) is 3.20. The fraction of sp³-hybridized carbons (Fsp3) is 0.385. The monoisotopic (exact) mass is 257 g/mol. The summed E-state index contributed by atoms with van der Waals surface area (Å²) in [6.45, 7) is 0. The maximum Gasteiger partial charge on any atom is 0.406 e. The minimum Gasteiger partial charge on any atom is -0.398 e. The molecule has 1 aromatic rings. The van der Waals surface area contributed by atoms with E-state index in [-0.39, 0.29) is 17.2 Å². The molecule has 0 aliphatic heterocycles. The SMILES string of the molecule is Nc1ccc(F)cc1C(C#CC1CC1)C(F)(F)F. The van der Waals surface area contributed by atoms with Crippen molar-refractivity contribution in [3.63, 3.8) is 0 Å². The fourth-order valence-corrected chi connectivity index (χ4v) is 1.56. The molecule has 1 unspecified atom stereocenters. The van der Waals surface area contributed by atoms with Gasteiger partial charge in [0.15, 0.2) is 0 Å². The summed E-state index contributed by atoms with van der Waals surface area (Å²) >= 11 is 0. The highest BCUT2D eigenvalue weighted by Crippen LogP contribution is 2.38. The van der Waals surface area contributed by atoms with Crippen LogP contribution in [0, 0.1) is 23.6 Å². The lowest BCUT2D eigenvalue weighted by atomic mass is 9.97. The van der Waals surface area contributed by atoms with Crippen LogP contribution in [0.5, 0.6) is 0 Å². The van der Waals surface area contributed by atoms with Crippen molar-refractivity contribution in [2.24, 2.45) is 5.92 Å². The lowest BCUT2D eigenvalue weighted by Gasteiger charge is -2.17. The zero-order valence-corrected chi connectivity index (χ0v) is 9.39. The molecule has 5 heteroatoms. The molecule has 1 aliphatic rings. The minimum absolute atomic E-state index is 0.0460. The summed E-state index contributed by atoms with van der Waals surface area (Å²) in [5, 5.41) is 0. The number of halogens is 4. The number of benzene rings is 1. The van der Waals surface area contributed by atoms with E-state index in [1.807, 2.05) is 0 Å². The maximum absolute atomic E-state index is 13.0. The normalized spacial score (nSPS) is 16.9. The Morgan fingerprint density at radius 2 is 1.94 bits per heavy atom. The van der Waals surface area contributed by atoms with Gasteiger partial charge < -0.3 is 5.73 Å². The van der Waals surface area contributed by atoms with E-state index >= 15 is 0 Å². The molecule has 0 heterocycles. The number of anilines is 1. The molecule has 1 fully saturated rings. The Labute approximate surface area is 102 Å². The molecule has 1 aliphatic carbocycles. The molecule has 2 rings (SSSR count). The topological polar surface area (TPSA) is 26.0 Å². The van der Waals surface area contributed by atoms with Gasteiger partial charge in [-0.3, -0.25) is 0 Å². The smallest absolute Gasteiger partial charge is 0.398 e. The standard InChI is InChI=1S/C13H11F4N/c14-9-4-6-12(18)10(7-9)11(13(15,16)17)5-3-8-1-2-8/h4,6-8,11H,1-2,18H2. The number of alkyl halides is 3. The molecule has 2 N–H and O–H groups in total. The Hall–Kier alpha value is -1.70. The maximum atomic E-state index is 13.0. The molecule has 1 atom stereocenters. The van der Waals surface area contributed by atoms with Crippen LogP contribution in [-0.2, 0) is 0 Å². The second-order valence-corrected chi connectivity index (χ2v) is 4.31. The van der Waals surface area contributed by atoms with E-state index in [4.69, 9.17) is 5.73 Å². The highest BCUT2D eigenvalue weighted by molar-refractivity contribution is 5.52. The van der Waals surface area contributed by atoms with Gasteiger partial charge in [0.05, 0.1) is 0 Å². The summed E-state index contributed by atoms with van der Waals surface area (Å²) in [7, 11) is 0. The minimum atomic E-state index is -4.55. The molecular formula is C13H11F4N. The number of nitrogen functional groups attached to an aromatic ring is 1. The molecule has 1 nitrogen and oxygen atoms in total. The summed E-state index contributed by atoms with van der Waals surface area (Å²) in [5.74, 6) is 2.02. The third-order valence-corrected chi connectivity index (χ3v) is 2.70. The molecule has 0 bridgehead atoms. The van der Waals surface area contributed by atoms with Crippen molar-refractivity contribution in [1.29, 1.82) is 0 Å². The van der Waals surface area contributed by atoms with E-state index < -0.39 is 17.9 Å². The lowest BCUT2D eigenvalue weighted by molar-refractivity contribution is -0.137. The number of nitrogens with two attached hydrogens (primary N) is 1. The molecule has 1 saturated carbocycles. The van der Waals surface area contributed by atoms with Crippen LogP contribution < -0.4 is 5.73 Å². The lowest BCUT2D eigenvalue weighted by Crippen LogP contribution is -2.20. The van der Waals surface area contributed by atoms with Crippen LogP contribution in [0.4, 0.5) is 23.2 Å². The van der Waals surface area contributed by atoms with Crippen molar-refractivity contribution in [3.05, 3.63) is 29.6 Å². The molecule has 0 amide bonds. The highest BCUT2D eigenvalue weighted by atomic mass is 19.4. The van der Waals surface area contributed by atoms with Crippen LogP contribution in [0.3, 0.4) is 0 Å². The fourth-order valence-electron chi connectivity index (χ4n) is 1.56. The van der Waals surface area contributed by atoms with Gasteiger partial charge in [0.25, 0.3) is 0 Å². The Morgan fingerprint density at radius 3 is 2.50 bits per heavy atom. The quantitative estimate of drug-likeness (QED) is 0.465. The van der Waals surface area contributed by atoms with Gasteiger partial charge in [0, 0.05) is 17.2 Å². The van der Waals surface area contributed by atoms with E-state index in [0.717, 1.165) is 31.0 Å². The van der Waals surface area contributed by atoms with Gasteiger partial charge >= 0.3 is 6.18 Å². The summed E-state index contributed by atoms with van der Waals surface area (Å²) in [6, 6.07) is 2.96. The molecule has 96 valence electrons. The molecule has 0 saturated heterocycles. The van der Waals surface area contributed by atoms with E-state index in [2.05, 4.69) is 11.8 Å². The van der Waals surface area contributed by atoms with Crippen LogP contribution in [0.15, 0.2) is 18.2 Å². The number of hydrogen-bond acceptors (Lipinski definition) is 1. The molecule has 0 radical (unpaired) electrons. The summed E-state index contributed by atoms with van der Waals surface area (Å²) in [4.78, 5) is 0. The summed E-state index contributed by atoms with van der Waals surface area (Å²) in [5.41, 5.74) is 5.07. The van der Waals surface area contributed by atoms with Gasteiger partial charge in [-0.15, -0.1) is 0 Å². The zero-order chi connectivity index (χ0) is 13.3. The zero-order valence-electron chi connectivity index (χ0n) is 9.39. The van der Waals surface area contributed by atoms with Gasteiger partial charge in [0.1, 0.15) is 11.7 Å². The van der Waals surface area contributed by atoms with Crippen LogP contribution >= 0.6 is 0 Å². The first kappa shape index (κ1) is 12.7. The van der Waals surface area contributed by atoms with E-state index in [1.54, 1.807) is 0 Å². The predicted octanol–water partition coefficient (Wildman–Crippen LogP) is 3.47. The number of rotatable bonds is 1. The molecular weight excluding hydrogens is 246 g/mol. The molecule has 1 aromatic carbocycles. The summed E-state index contributed by atoms with van der Waals surface area (Å²) < 4.78 is 51.8. The Bertz CT molecular complexity index is 506. The predicted molar refractivity (Wildman–Crippen MR) is 60.1 cm³/mol. The van der Waals surface area contributed by atoms with E-state index in [0.29, 0.717) is 0 Å². The van der Waals surface area contributed by atoms with Gasteiger partial charge in [0.2, 0.25) is 0 Å². The first-order chi connectivity index (χ1) is 8.38. The van der Waals surface area contributed by atoms with Crippen molar-refractivity contribution in [2.45, 2.75) is 24.9 Å². The largest absolute Gasteiger partial charge is 0.406 e. The summed E-state index contributed by atoms with van der Waals surface area (Å²) in [6.07, 6.45) is -2.89. The van der Waals surface area contributed by atoms with Crippen molar-refractivity contribution in [2.75, 3.05) is 5.73 Å². The second kappa shape index (κ2) is 4.52. The van der Waals surface area contributed by atoms with E-state index in [9.17, 15) is 17.6 Å². The van der Waals surface area contributed by atoms with E-state index in [1.165, 1.54) is 0 Å². The number of hydrogen-bond donors (Lipinski definition) is 1. The van der Waals surface area contributed by atoms with Crippen LogP contribution in [0.1, 0.15) is 24.3 Å². The van der Waals surface area contributed by atoms with Crippen LogP contribution in [0.2, 0.25) is 0 Å². The highest BCUT2D eigenvalue weighted by Gasteiger charge is 2.41. The Morgan fingerprint density at radius 1 is 1.28 bits per heavy atom. The molecule has 18 heavy (non-hydrogen) atoms. The van der Waals surface area contributed by atoms with Crippen molar-refractivity contribution >= 4 is 5.69 Å². The van der Waals surface area contributed by atoms with Gasteiger partial charge in [-0.05, 0) is 31.0 Å². The van der Waals surface area contributed by atoms with Crippen molar-refractivity contribution < 1.29 is 17.6 Å². The molecule has 0 aromatic heterocycles. The first-order valence-corrected chi connectivity index (χ1v) is 5.50. The van der Waals surface area contributed by atoms with Crippen LogP contribution in [0.25, 0.3) is 0 Å². The third kappa shape index (κ3) is 2.95. The third-order valence-electron chi connectivity index (χ3n) is 2.70. The van der Waals surface area contributed by atoms with Gasteiger partial charge in [-0.25, -0.2) is 4.39 Å². The van der Waals surface area contributed by atoms with Crippen LogP contribution in [-0.4, -0.2) is 6.18 Å².